The zero-order valence-electron chi connectivity index (χ0n) is 13.3. The van der Waals surface area contributed by atoms with Gasteiger partial charge in [0.2, 0.25) is 11.1 Å². The summed E-state index contributed by atoms with van der Waals surface area (Å²) in [5.41, 5.74) is 0. The van der Waals surface area contributed by atoms with Gasteiger partial charge in [0, 0.05) is 19.5 Å². The summed E-state index contributed by atoms with van der Waals surface area (Å²) in [6, 6.07) is 0.267. The van der Waals surface area contributed by atoms with E-state index >= 15 is 0 Å². The van der Waals surface area contributed by atoms with Crippen molar-refractivity contribution in [1.29, 1.82) is 0 Å². The third-order valence-corrected chi connectivity index (χ3v) is 4.01. The Labute approximate surface area is 133 Å². The first kappa shape index (κ1) is 16.5. The van der Waals surface area contributed by atoms with Crippen molar-refractivity contribution in [1.82, 2.24) is 34.8 Å². The molecule has 0 saturated heterocycles. The summed E-state index contributed by atoms with van der Waals surface area (Å²) in [5, 5.41) is 15.5. The van der Waals surface area contributed by atoms with Crippen molar-refractivity contribution in [2.24, 2.45) is 0 Å². The summed E-state index contributed by atoms with van der Waals surface area (Å²) in [5.74, 6) is 1.91. The van der Waals surface area contributed by atoms with E-state index in [0.29, 0.717) is 17.5 Å². The minimum atomic E-state index is 0.00570. The lowest BCUT2D eigenvalue weighted by molar-refractivity contribution is -0.127. The second-order valence-electron chi connectivity index (χ2n) is 5.20. The number of thioether (sulfide) groups is 1. The van der Waals surface area contributed by atoms with Crippen LogP contribution in [-0.4, -0.2) is 53.6 Å². The third-order valence-electron chi connectivity index (χ3n) is 3.18. The number of aromatic nitrogens is 6. The Bertz CT molecular complexity index is 621. The number of nitrogens with one attached hydrogen (secondary N) is 1. The Balaban J connectivity index is 1.87. The molecule has 0 bridgehead atoms. The van der Waals surface area contributed by atoms with Crippen LogP contribution in [-0.2, 0) is 17.8 Å². The van der Waals surface area contributed by atoms with Crippen molar-refractivity contribution in [2.75, 3.05) is 12.8 Å². The number of carbonyl (C=O) groups excluding carboxylic acids is 1. The molecule has 120 valence electrons. The van der Waals surface area contributed by atoms with Gasteiger partial charge < -0.3 is 9.47 Å². The quantitative estimate of drug-likeness (QED) is 0.772. The van der Waals surface area contributed by atoms with E-state index in [1.54, 1.807) is 18.3 Å². The van der Waals surface area contributed by atoms with E-state index in [4.69, 9.17) is 0 Å². The highest BCUT2D eigenvalue weighted by Crippen LogP contribution is 2.14. The van der Waals surface area contributed by atoms with Gasteiger partial charge in [-0.1, -0.05) is 18.7 Å². The number of aryl methyl sites for hydroxylation is 1. The first-order valence-corrected chi connectivity index (χ1v) is 8.16. The molecule has 2 aromatic rings. The smallest absolute Gasteiger partial charge is 0.233 e. The number of nitrogens with zero attached hydrogens (tertiary/aromatic N) is 6. The maximum absolute atomic E-state index is 12.2. The minimum Gasteiger partial charge on any atom is -0.337 e. The van der Waals surface area contributed by atoms with Crippen LogP contribution in [0.1, 0.15) is 38.5 Å². The molecule has 0 aliphatic heterocycles. The molecule has 2 rings (SSSR count). The molecule has 22 heavy (non-hydrogen) atoms. The number of amides is 1. The van der Waals surface area contributed by atoms with Crippen LogP contribution in [0, 0.1) is 0 Å². The van der Waals surface area contributed by atoms with Crippen LogP contribution >= 0.6 is 11.8 Å². The van der Waals surface area contributed by atoms with Crippen LogP contribution in [0.4, 0.5) is 0 Å². The Hall–Kier alpha value is -1.90. The molecule has 8 nitrogen and oxygen atoms in total. The molecule has 0 saturated carbocycles. The van der Waals surface area contributed by atoms with Gasteiger partial charge in [-0.05, 0) is 13.8 Å². The number of carbonyl (C=O) groups is 1. The lowest BCUT2D eigenvalue weighted by atomic mass is 10.3. The van der Waals surface area contributed by atoms with Gasteiger partial charge in [0.15, 0.2) is 5.82 Å². The largest absolute Gasteiger partial charge is 0.337 e. The first-order valence-electron chi connectivity index (χ1n) is 7.17. The summed E-state index contributed by atoms with van der Waals surface area (Å²) in [6.45, 7) is 6.54. The van der Waals surface area contributed by atoms with Crippen molar-refractivity contribution < 1.29 is 4.79 Å². The molecule has 9 heteroatoms. The van der Waals surface area contributed by atoms with Crippen LogP contribution in [0.5, 0.6) is 0 Å². The maximum atomic E-state index is 12.2. The molecule has 0 spiro atoms. The average Bonchev–Trinajstić information content (AvgIpc) is 3.13. The second kappa shape index (κ2) is 7.39. The summed E-state index contributed by atoms with van der Waals surface area (Å²) >= 11 is 1.33. The number of hydrogen-bond donors (Lipinski definition) is 1. The molecule has 0 fully saturated rings. The molecular weight excluding hydrogens is 302 g/mol. The standard InChI is InChI=1S/C13H21N7OS/c1-5-10-15-13(18-16-10)22-7-12(21)19(4)6-11-17-14-8-20(11)9(2)3/h8-9H,5-7H2,1-4H3,(H,15,16,18). The molecule has 0 radical (unpaired) electrons. The number of rotatable bonds is 7. The van der Waals surface area contributed by atoms with Gasteiger partial charge in [0.1, 0.15) is 12.2 Å². The van der Waals surface area contributed by atoms with Crippen LogP contribution in [0.15, 0.2) is 11.5 Å². The van der Waals surface area contributed by atoms with Gasteiger partial charge in [-0.2, -0.15) is 0 Å². The SMILES string of the molecule is CCc1nc(SCC(=O)N(C)Cc2nncn2C(C)C)n[nH]1. The Morgan fingerprint density at radius 3 is 2.91 bits per heavy atom. The van der Waals surface area contributed by atoms with E-state index in [0.717, 1.165) is 18.1 Å². The zero-order valence-corrected chi connectivity index (χ0v) is 14.1. The third kappa shape index (κ3) is 4.06. The Kier molecular flexibility index (Phi) is 5.53. The molecule has 0 unspecified atom stereocenters. The van der Waals surface area contributed by atoms with Crippen molar-refractivity contribution in [2.45, 2.75) is 44.9 Å². The number of H-pyrrole nitrogens is 1. The topological polar surface area (TPSA) is 92.6 Å². The lowest BCUT2D eigenvalue weighted by Gasteiger charge is -2.17. The molecule has 0 aliphatic rings. The summed E-state index contributed by atoms with van der Waals surface area (Å²) in [7, 11) is 1.76. The summed E-state index contributed by atoms with van der Waals surface area (Å²) in [6.07, 6.45) is 2.49. The maximum Gasteiger partial charge on any atom is 0.233 e. The fraction of sp³-hybridized carbons (Fsp3) is 0.615. The summed E-state index contributed by atoms with van der Waals surface area (Å²) < 4.78 is 1.96. The van der Waals surface area contributed by atoms with Crippen LogP contribution in [0.25, 0.3) is 0 Å². The van der Waals surface area contributed by atoms with Gasteiger partial charge in [0.25, 0.3) is 0 Å². The average molecular weight is 323 g/mol. The van der Waals surface area contributed by atoms with Crippen molar-refractivity contribution in [3.8, 4) is 0 Å². The van der Waals surface area contributed by atoms with E-state index in [1.165, 1.54) is 11.8 Å². The molecule has 1 amide bonds. The molecule has 0 aliphatic carbocycles. The number of hydrogen-bond acceptors (Lipinski definition) is 6. The molecule has 1 N–H and O–H groups in total. The normalized spacial score (nSPS) is 11.1. The van der Waals surface area contributed by atoms with E-state index in [-0.39, 0.29) is 11.9 Å². The monoisotopic (exact) mass is 323 g/mol. The lowest BCUT2D eigenvalue weighted by Crippen LogP contribution is -2.29. The van der Waals surface area contributed by atoms with Crippen LogP contribution < -0.4 is 0 Å². The van der Waals surface area contributed by atoms with Crippen molar-refractivity contribution >= 4 is 17.7 Å². The van der Waals surface area contributed by atoms with E-state index < -0.39 is 0 Å². The fourth-order valence-electron chi connectivity index (χ4n) is 1.85. The van der Waals surface area contributed by atoms with E-state index in [1.807, 2.05) is 11.5 Å². The minimum absolute atomic E-state index is 0.00570. The van der Waals surface area contributed by atoms with Crippen LogP contribution in [0.3, 0.4) is 0 Å². The first-order chi connectivity index (χ1) is 10.5. The highest BCUT2D eigenvalue weighted by Gasteiger charge is 2.15. The molecule has 2 aromatic heterocycles. The van der Waals surface area contributed by atoms with E-state index in [9.17, 15) is 4.79 Å². The van der Waals surface area contributed by atoms with Gasteiger partial charge >= 0.3 is 0 Å². The zero-order chi connectivity index (χ0) is 16.1. The van der Waals surface area contributed by atoms with Gasteiger partial charge in [-0.25, -0.2) is 4.98 Å². The predicted molar refractivity (Wildman–Crippen MR) is 83.4 cm³/mol. The van der Waals surface area contributed by atoms with Crippen molar-refractivity contribution in [3.63, 3.8) is 0 Å². The second-order valence-corrected chi connectivity index (χ2v) is 6.15. The van der Waals surface area contributed by atoms with Crippen molar-refractivity contribution in [3.05, 3.63) is 18.0 Å². The van der Waals surface area contributed by atoms with Gasteiger partial charge in [-0.15, -0.1) is 15.3 Å². The van der Waals surface area contributed by atoms with Gasteiger partial charge in [0.05, 0.1) is 12.3 Å². The molecular formula is C13H21N7OS. The Morgan fingerprint density at radius 2 is 2.27 bits per heavy atom. The van der Waals surface area contributed by atoms with Crippen LogP contribution in [0.2, 0.25) is 0 Å². The molecule has 0 aromatic carbocycles. The molecule has 2 heterocycles. The fourth-order valence-corrected chi connectivity index (χ4v) is 2.61. The number of aromatic amines is 1. The highest BCUT2D eigenvalue weighted by atomic mass is 32.2. The molecule has 0 atom stereocenters. The highest BCUT2D eigenvalue weighted by molar-refractivity contribution is 7.99. The van der Waals surface area contributed by atoms with Gasteiger partial charge in [-0.3, -0.25) is 9.89 Å². The predicted octanol–water partition coefficient (Wildman–Crippen LogP) is 1.29. The summed E-state index contributed by atoms with van der Waals surface area (Å²) in [4.78, 5) is 18.1. The van der Waals surface area contributed by atoms with E-state index in [2.05, 4.69) is 39.2 Å². The Morgan fingerprint density at radius 1 is 1.50 bits per heavy atom.